The molecule has 0 aromatic rings. The summed E-state index contributed by atoms with van der Waals surface area (Å²) in [6, 6.07) is -1.05. The van der Waals surface area contributed by atoms with Crippen molar-refractivity contribution in [3.05, 3.63) is 6.04 Å². The van der Waals surface area contributed by atoms with Crippen LogP contribution < -0.4 is 10.6 Å². The van der Waals surface area contributed by atoms with Gasteiger partial charge < -0.3 is 0 Å². The molecule has 0 atom stereocenters. The second-order valence-corrected chi connectivity index (χ2v) is 3.60. The lowest BCUT2D eigenvalue weighted by Crippen LogP contribution is -2.50. The lowest BCUT2D eigenvalue weighted by Gasteiger charge is -2.30. The van der Waals surface area contributed by atoms with Gasteiger partial charge in [-0.05, 0) is 12.8 Å². The number of imide groups is 3. The number of amides is 6. The van der Waals surface area contributed by atoms with Gasteiger partial charge in [0.2, 0.25) is 12.8 Å². The normalized spacial score (nSPS) is 15.8. The Balaban J connectivity index is 2.75. The molecule has 1 aliphatic rings. The van der Waals surface area contributed by atoms with Crippen molar-refractivity contribution < 1.29 is 19.2 Å². The maximum absolute atomic E-state index is 11.5. The lowest BCUT2D eigenvalue weighted by atomic mass is 9.94. The van der Waals surface area contributed by atoms with E-state index in [4.69, 9.17) is 0 Å². The molecule has 1 rings (SSSR count). The number of carbonyl (C=O) groups excluding carboxylic acids is 4. The van der Waals surface area contributed by atoms with E-state index in [1.807, 2.05) is 10.6 Å². The zero-order valence-electron chi connectivity index (χ0n) is 9.27. The van der Waals surface area contributed by atoms with Crippen LogP contribution in [0.4, 0.5) is 9.59 Å². The minimum absolute atomic E-state index is 0.201. The van der Waals surface area contributed by atoms with Gasteiger partial charge in [-0.3, -0.25) is 20.2 Å². The number of nitrogens with zero attached hydrogens (tertiary/aromatic N) is 1. The molecule has 0 spiro atoms. The summed E-state index contributed by atoms with van der Waals surface area (Å²) < 4.78 is 0. The van der Waals surface area contributed by atoms with Gasteiger partial charge in [-0.2, -0.15) is 0 Å². The van der Waals surface area contributed by atoms with Gasteiger partial charge in [-0.25, -0.2) is 14.5 Å². The van der Waals surface area contributed by atoms with Crippen LogP contribution in [0, 0.1) is 6.04 Å². The maximum atomic E-state index is 11.5. The van der Waals surface area contributed by atoms with E-state index >= 15 is 0 Å². The molecule has 0 bridgehead atoms. The van der Waals surface area contributed by atoms with Gasteiger partial charge in [0.25, 0.3) is 0 Å². The second-order valence-electron chi connectivity index (χ2n) is 3.60. The third-order valence-electron chi connectivity index (χ3n) is 2.52. The molecule has 0 aliphatic heterocycles. The summed E-state index contributed by atoms with van der Waals surface area (Å²) in [5.74, 6) is 0. The first-order valence-corrected chi connectivity index (χ1v) is 5.33. The highest BCUT2D eigenvalue weighted by Crippen LogP contribution is 2.28. The van der Waals surface area contributed by atoms with Crippen molar-refractivity contribution in [1.82, 2.24) is 15.5 Å². The molecule has 0 heterocycles. The smallest absolute Gasteiger partial charge is 0.280 e. The molecule has 7 nitrogen and oxygen atoms in total. The number of nitrogens with one attached hydrogen (secondary N) is 2. The van der Waals surface area contributed by atoms with Crippen LogP contribution in [0.25, 0.3) is 0 Å². The third-order valence-corrected chi connectivity index (χ3v) is 2.52. The van der Waals surface area contributed by atoms with Crippen molar-refractivity contribution in [2.75, 3.05) is 0 Å². The summed E-state index contributed by atoms with van der Waals surface area (Å²) in [6.07, 6.45) is 4.43. The van der Waals surface area contributed by atoms with Crippen LogP contribution in [0.5, 0.6) is 0 Å². The van der Waals surface area contributed by atoms with Crippen LogP contribution in [0.3, 0.4) is 0 Å². The van der Waals surface area contributed by atoms with Gasteiger partial charge in [0.05, 0.1) is 6.04 Å². The highest BCUT2D eigenvalue weighted by atomic mass is 16.2. The average molecular weight is 240 g/mol. The first-order valence-electron chi connectivity index (χ1n) is 5.33. The monoisotopic (exact) mass is 240 g/mol. The highest BCUT2D eigenvalue weighted by Gasteiger charge is 2.31. The molecule has 0 unspecified atom stereocenters. The van der Waals surface area contributed by atoms with Crippen LogP contribution in [0.15, 0.2) is 0 Å². The predicted octanol–water partition coefficient (Wildman–Crippen LogP) is 0.516. The molecule has 7 heteroatoms. The topological polar surface area (TPSA) is 95.6 Å². The average Bonchev–Trinajstić information content (AvgIpc) is 2.31. The summed E-state index contributed by atoms with van der Waals surface area (Å²) in [5.41, 5.74) is 0. The minimum atomic E-state index is -0.837. The Bertz CT molecular complexity index is 291. The molecular weight excluding hydrogens is 226 g/mol. The molecule has 6 amide bonds. The Morgan fingerprint density at radius 3 is 1.82 bits per heavy atom. The third kappa shape index (κ3) is 3.54. The van der Waals surface area contributed by atoms with E-state index in [-0.39, 0.29) is 12.8 Å². The van der Waals surface area contributed by atoms with Crippen molar-refractivity contribution in [2.24, 2.45) is 0 Å². The first-order chi connectivity index (χ1) is 8.20. The number of urea groups is 2. The van der Waals surface area contributed by atoms with Gasteiger partial charge in [0, 0.05) is 0 Å². The molecular formula is C10H14N3O4. The van der Waals surface area contributed by atoms with Crippen molar-refractivity contribution in [3.63, 3.8) is 0 Å². The summed E-state index contributed by atoms with van der Waals surface area (Å²) in [7, 11) is 0. The van der Waals surface area contributed by atoms with Crippen molar-refractivity contribution >= 4 is 24.9 Å². The Morgan fingerprint density at radius 2 is 1.41 bits per heavy atom. The summed E-state index contributed by atoms with van der Waals surface area (Å²) >= 11 is 0. The zero-order valence-corrected chi connectivity index (χ0v) is 9.27. The van der Waals surface area contributed by atoms with Gasteiger partial charge in [-0.1, -0.05) is 19.3 Å². The minimum Gasteiger partial charge on any atom is -0.280 e. The molecule has 1 aliphatic carbocycles. The van der Waals surface area contributed by atoms with E-state index in [9.17, 15) is 19.2 Å². The number of hydrogen-bond donors (Lipinski definition) is 2. The molecule has 1 radical (unpaired) electrons. The van der Waals surface area contributed by atoms with Crippen LogP contribution in [-0.2, 0) is 9.59 Å². The van der Waals surface area contributed by atoms with E-state index in [1.54, 1.807) is 0 Å². The number of rotatable bonds is 3. The van der Waals surface area contributed by atoms with E-state index in [0.717, 1.165) is 24.2 Å². The van der Waals surface area contributed by atoms with E-state index in [1.165, 1.54) is 0 Å². The Hall–Kier alpha value is -1.92. The maximum Gasteiger partial charge on any atom is 0.332 e. The molecule has 93 valence electrons. The SMILES string of the molecule is O=CNC(=O)N([C]1CCCCC1)C(=O)NC=O. The van der Waals surface area contributed by atoms with Gasteiger partial charge >= 0.3 is 12.1 Å². The molecule has 1 saturated carbocycles. The largest absolute Gasteiger partial charge is 0.332 e. The van der Waals surface area contributed by atoms with Crippen LogP contribution in [-0.4, -0.2) is 29.8 Å². The Morgan fingerprint density at radius 1 is 0.941 bits per heavy atom. The molecule has 0 aromatic carbocycles. The predicted molar refractivity (Wildman–Crippen MR) is 57.4 cm³/mol. The summed E-state index contributed by atoms with van der Waals surface area (Å²) in [4.78, 5) is 44.3. The van der Waals surface area contributed by atoms with Crippen LogP contribution in [0.2, 0.25) is 0 Å². The van der Waals surface area contributed by atoms with Crippen molar-refractivity contribution in [3.8, 4) is 0 Å². The Kier molecular flexibility index (Phi) is 5.12. The summed E-state index contributed by atoms with van der Waals surface area (Å²) in [5, 5.41) is 3.78. The van der Waals surface area contributed by atoms with Crippen LogP contribution in [0.1, 0.15) is 32.1 Å². The first kappa shape index (κ1) is 13.1. The highest BCUT2D eigenvalue weighted by molar-refractivity contribution is 6.01. The molecule has 1 fully saturated rings. The quantitative estimate of drug-likeness (QED) is 0.703. The summed E-state index contributed by atoms with van der Waals surface area (Å²) in [6.45, 7) is 0. The molecule has 17 heavy (non-hydrogen) atoms. The van der Waals surface area contributed by atoms with Crippen molar-refractivity contribution in [1.29, 1.82) is 0 Å². The molecule has 0 saturated heterocycles. The molecule has 0 aromatic heterocycles. The van der Waals surface area contributed by atoms with Gasteiger partial charge in [0.15, 0.2) is 0 Å². The van der Waals surface area contributed by atoms with E-state index < -0.39 is 12.1 Å². The number of hydrogen-bond acceptors (Lipinski definition) is 4. The van der Waals surface area contributed by atoms with Gasteiger partial charge in [0.1, 0.15) is 0 Å². The molecule has 2 N–H and O–H groups in total. The van der Waals surface area contributed by atoms with Crippen LogP contribution >= 0.6 is 0 Å². The number of carbonyl (C=O) groups is 4. The fraction of sp³-hybridized carbons (Fsp3) is 0.500. The zero-order chi connectivity index (χ0) is 12.7. The van der Waals surface area contributed by atoms with Gasteiger partial charge in [-0.15, -0.1) is 0 Å². The standard InChI is InChI=1S/C10H14N3O4/c14-6-11-9(16)13(10(17)12-7-15)8-4-2-1-3-5-8/h6-7H,1-5H2,(H,11,14,16)(H,12,15,17). The fourth-order valence-electron chi connectivity index (χ4n) is 1.79. The van der Waals surface area contributed by atoms with E-state index in [0.29, 0.717) is 18.9 Å². The lowest BCUT2D eigenvalue weighted by molar-refractivity contribution is -0.109. The Labute approximate surface area is 98.5 Å². The van der Waals surface area contributed by atoms with E-state index in [2.05, 4.69) is 0 Å². The van der Waals surface area contributed by atoms with Crippen molar-refractivity contribution in [2.45, 2.75) is 32.1 Å². The second kappa shape index (κ2) is 6.62. The fourth-order valence-corrected chi connectivity index (χ4v) is 1.79.